The molecule has 86 heavy (non-hydrogen) atoms. The van der Waals surface area contributed by atoms with E-state index in [1.54, 1.807) is 6.08 Å². The molecule has 6 heteroatoms. The first-order chi connectivity index (χ1) is 42.5. The number of rotatable bonds is 74. The minimum Gasteiger partial charge on any atom is -0.466 e. The molecule has 0 aromatic heterocycles. The van der Waals surface area contributed by atoms with Gasteiger partial charge in [0, 0.05) is 12.8 Å². The third kappa shape index (κ3) is 71.2. The molecule has 0 saturated carbocycles. The molecular weight excluding hydrogens is 1050 g/mol. The van der Waals surface area contributed by atoms with E-state index in [-0.39, 0.29) is 18.5 Å². The van der Waals surface area contributed by atoms with Gasteiger partial charge in [0.2, 0.25) is 5.91 Å². The second kappa shape index (κ2) is 75.5. The van der Waals surface area contributed by atoms with Gasteiger partial charge in [0.25, 0.3) is 0 Å². The van der Waals surface area contributed by atoms with Crippen molar-refractivity contribution in [3.63, 3.8) is 0 Å². The van der Waals surface area contributed by atoms with Crippen molar-refractivity contribution in [2.24, 2.45) is 0 Å². The number of ether oxygens (including phenoxy) is 1. The van der Waals surface area contributed by atoms with Crippen LogP contribution >= 0.6 is 0 Å². The highest BCUT2D eigenvalue weighted by molar-refractivity contribution is 5.76. The van der Waals surface area contributed by atoms with Gasteiger partial charge in [-0.1, -0.05) is 378 Å². The Morgan fingerprint density at radius 1 is 0.314 bits per heavy atom. The molecule has 0 heterocycles. The van der Waals surface area contributed by atoms with Crippen molar-refractivity contribution in [2.75, 3.05) is 13.2 Å². The van der Waals surface area contributed by atoms with Crippen molar-refractivity contribution in [1.82, 2.24) is 5.32 Å². The number of unbranched alkanes of at least 4 members (excludes halogenated alkanes) is 59. The molecule has 0 rings (SSSR count). The SMILES string of the molecule is CCCCC/C=C\CCCCCCCC(=O)OCCCCCCCCCCCCCC/C=C\CCCCCCCCCCCCCCCCCCCC(=O)NC(CO)C(O)/C=C/CCCCCCCCCCCCCCCCCCCCCCCC. The summed E-state index contributed by atoms with van der Waals surface area (Å²) in [5.74, 6) is -0.0511. The lowest BCUT2D eigenvalue weighted by Crippen LogP contribution is -2.45. The Kier molecular flexibility index (Phi) is 73.9. The predicted molar refractivity (Wildman–Crippen MR) is 379 cm³/mol. The third-order valence-corrected chi connectivity index (χ3v) is 18.4. The second-order valence-corrected chi connectivity index (χ2v) is 27.0. The van der Waals surface area contributed by atoms with Crippen LogP contribution in [0.3, 0.4) is 0 Å². The maximum Gasteiger partial charge on any atom is 0.305 e. The summed E-state index contributed by atoms with van der Waals surface area (Å²) in [7, 11) is 0. The van der Waals surface area contributed by atoms with Crippen LogP contribution in [0, 0.1) is 0 Å². The van der Waals surface area contributed by atoms with Gasteiger partial charge in [0.05, 0.1) is 25.4 Å². The van der Waals surface area contributed by atoms with E-state index in [9.17, 15) is 19.8 Å². The van der Waals surface area contributed by atoms with Crippen LogP contribution < -0.4 is 5.32 Å². The van der Waals surface area contributed by atoms with E-state index in [2.05, 4.69) is 43.5 Å². The minimum atomic E-state index is -0.844. The molecule has 0 aliphatic carbocycles. The molecule has 508 valence electrons. The van der Waals surface area contributed by atoms with Crippen LogP contribution in [0.5, 0.6) is 0 Å². The smallest absolute Gasteiger partial charge is 0.305 e. The lowest BCUT2D eigenvalue weighted by molar-refractivity contribution is -0.143. The van der Waals surface area contributed by atoms with E-state index in [1.807, 2.05) is 6.08 Å². The fraction of sp³-hybridized carbons (Fsp3) is 0.900. The summed E-state index contributed by atoms with van der Waals surface area (Å²) in [4.78, 5) is 24.6. The van der Waals surface area contributed by atoms with Gasteiger partial charge < -0.3 is 20.3 Å². The van der Waals surface area contributed by atoms with Crippen LogP contribution in [-0.4, -0.2) is 47.4 Å². The average molecular weight is 1210 g/mol. The van der Waals surface area contributed by atoms with Crippen molar-refractivity contribution in [3.05, 3.63) is 36.5 Å². The highest BCUT2D eigenvalue weighted by Gasteiger charge is 2.18. The number of hydrogen-bond donors (Lipinski definition) is 3. The quantitative estimate of drug-likeness (QED) is 0.0320. The zero-order chi connectivity index (χ0) is 62.0. The monoisotopic (exact) mass is 1210 g/mol. The van der Waals surface area contributed by atoms with Crippen LogP contribution in [-0.2, 0) is 14.3 Å². The second-order valence-electron chi connectivity index (χ2n) is 27.0. The van der Waals surface area contributed by atoms with Crippen LogP contribution in [0.15, 0.2) is 36.5 Å². The molecule has 0 aromatic rings. The molecule has 0 bridgehead atoms. The summed E-state index contributed by atoms with van der Waals surface area (Å²) < 4.78 is 5.48. The number of carbonyl (C=O) groups is 2. The molecule has 0 aliphatic rings. The molecule has 0 radical (unpaired) electrons. The Bertz CT molecular complexity index is 1390. The van der Waals surface area contributed by atoms with E-state index >= 15 is 0 Å². The summed E-state index contributed by atoms with van der Waals surface area (Å²) in [6.07, 6.45) is 98.4. The van der Waals surface area contributed by atoms with Crippen LogP contribution in [0.25, 0.3) is 0 Å². The van der Waals surface area contributed by atoms with E-state index in [0.717, 1.165) is 44.9 Å². The number of carbonyl (C=O) groups excluding carboxylic acids is 2. The summed E-state index contributed by atoms with van der Waals surface area (Å²) in [5, 5.41) is 23.3. The predicted octanol–water partition coefficient (Wildman–Crippen LogP) is 25.8. The number of aliphatic hydroxyl groups excluding tert-OH is 2. The van der Waals surface area contributed by atoms with Crippen LogP contribution in [0.2, 0.25) is 0 Å². The first-order valence-electron chi connectivity index (χ1n) is 39.3. The van der Waals surface area contributed by atoms with Gasteiger partial charge in [-0.2, -0.15) is 0 Å². The molecule has 2 atom stereocenters. The summed E-state index contributed by atoms with van der Waals surface area (Å²) in [6, 6.07) is -0.627. The van der Waals surface area contributed by atoms with Gasteiger partial charge >= 0.3 is 5.97 Å². The summed E-state index contributed by atoms with van der Waals surface area (Å²) in [6.45, 7) is 4.92. The van der Waals surface area contributed by atoms with Gasteiger partial charge in [0.15, 0.2) is 0 Å². The Hall–Kier alpha value is -1.92. The molecule has 3 N–H and O–H groups in total. The highest BCUT2D eigenvalue weighted by Crippen LogP contribution is 2.19. The van der Waals surface area contributed by atoms with E-state index < -0.39 is 12.1 Å². The number of aliphatic hydroxyl groups is 2. The first-order valence-corrected chi connectivity index (χ1v) is 39.3. The largest absolute Gasteiger partial charge is 0.466 e. The fourth-order valence-electron chi connectivity index (χ4n) is 12.4. The van der Waals surface area contributed by atoms with Gasteiger partial charge in [-0.15, -0.1) is 0 Å². The topological polar surface area (TPSA) is 95.9 Å². The normalized spacial score (nSPS) is 12.7. The molecule has 0 fully saturated rings. The van der Waals surface area contributed by atoms with Gasteiger partial charge in [0.1, 0.15) is 0 Å². The van der Waals surface area contributed by atoms with Gasteiger partial charge in [-0.25, -0.2) is 0 Å². The number of hydrogen-bond acceptors (Lipinski definition) is 5. The zero-order valence-electron chi connectivity index (χ0n) is 58.3. The average Bonchev–Trinajstić information content (AvgIpc) is 3.54. The van der Waals surface area contributed by atoms with Gasteiger partial charge in [-0.05, 0) is 83.5 Å². The maximum absolute atomic E-state index is 12.6. The fourth-order valence-corrected chi connectivity index (χ4v) is 12.4. The van der Waals surface area contributed by atoms with Crippen molar-refractivity contribution in [2.45, 2.75) is 450 Å². The molecular formula is C80H153NO5. The lowest BCUT2D eigenvalue weighted by Gasteiger charge is -2.20. The van der Waals surface area contributed by atoms with Gasteiger partial charge in [-0.3, -0.25) is 9.59 Å². The van der Waals surface area contributed by atoms with E-state index in [4.69, 9.17) is 4.74 Å². The Morgan fingerprint density at radius 3 is 0.849 bits per heavy atom. The number of allylic oxidation sites excluding steroid dienone is 5. The lowest BCUT2D eigenvalue weighted by atomic mass is 10.0. The Balaban J connectivity index is 3.38. The summed E-state index contributed by atoms with van der Waals surface area (Å²) in [5.41, 5.74) is 0. The standard InChI is InChI=1S/C80H153NO5/c1-3-5-7-9-11-13-15-17-18-19-20-21-22-34-37-40-43-46-49-52-56-60-64-68-72-78(83)77(76-82)81-79(84)73-69-65-61-57-53-50-47-44-41-38-35-32-30-28-26-24-23-25-27-29-31-33-36-39-42-45-48-51-55-59-63-67-71-75-86-80(85)74-70-66-62-58-54-16-14-12-10-8-6-4-2/h12,14,27,29,68,72,77-78,82-83H,3-11,13,15-26,28,30-67,69-71,73-76H2,1-2H3,(H,81,84)/b14-12-,29-27-,72-68+. The van der Waals surface area contributed by atoms with Crippen molar-refractivity contribution >= 4 is 11.9 Å². The molecule has 0 saturated heterocycles. The molecule has 0 aliphatic heterocycles. The molecule has 1 amide bonds. The van der Waals surface area contributed by atoms with Crippen molar-refractivity contribution in [3.8, 4) is 0 Å². The molecule has 6 nitrogen and oxygen atoms in total. The Morgan fingerprint density at radius 2 is 0.547 bits per heavy atom. The van der Waals surface area contributed by atoms with Crippen LogP contribution in [0.4, 0.5) is 0 Å². The molecule has 0 aromatic carbocycles. The summed E-state index contributed by atoms with van der Waals surface area (Å²) >= 11 is 0. The van der Waals surface area contributed by atoms with Crippen molar-refractivity contribution in [1.29, 1.82) is 0 Å². The van der Waals surface area contributed by atoms with E-state index in [1.165, 1.54) is 366 Å². The molecule has 2 unspecified atom stereocenters. The number of esters is 1. The number of nitrogens with one attached hydrogen (secondary N) is 1. The Labute approximate surface area is 538 Å². The van der Waals surface area contributed by atoms with Crippen molar-refractivity contribution < 1.29 is 24.5 Å². The number of amides is 1. The van der Waals surface area contributed by atoms with Crippen LogP contribution in [0.1, 0.15) is 438 Å². The first kappa shape index (κ1) is 84.1. The zero-order valence-corrected chi connectivity index (χ0v) is 58.3. The van der Waals surface area contributed by atoms with E-state index in [0.29, 0.717) is 19.4 Å². The third-order valence-electron chi connectivity index (χ3n) is 18.4. The highest BCUT2D eigenvalue weighted by atomic mass is 16.5. The maximum atomic E-state index is 12.6. The minimum absolute atomic E-state index is 0.00887. The molecule has 0 spiro atoms.